The van der Waals surface area contributed by atoms with Crippen LogP contribution in [-0.2, 0) is 17.8 Å². The van der Waals surface area contributed by atoms with E-state index in [-0.39, 0.29) is 5.91 Å². The van der Waals surface area contributed by atoms with Crippen LogP contribution in [0.2, 0.25) is 0 Å². The topological polar surface area (TPSA) is 47.6 Å². The highest BCUT2D eigenvalue weighted by Gasteiger charge is 2.17. The number of hydrogen-bond donors (Lipinski definition) is 1. The molecule has 0 atom stereocenters. The number of carbonyl (C=O) groups is 1. The predicted molar refractivity (Wildman–Crippen MR) is 55.1 cm³/mol. The van der Waals surface area contributed by atoms with E-state index in [1.165, 1.54) is 0 Å². The van der Waals surface area contributed by atoms with Crippen molar-refractivity contribution in [1.82, 2.24) is 5.32 Å². The van der Waals surface area contributed by atoms with Gasteiger partial charge in [-0.1, -0.05) is 0 Å². The van der Waals surface area contributed by atoms with Crippen LogP contribution < -0.4 is 14.8 Å². The fourth-order valence-corrected chi connectivity index (χ4v) is 1.72. The number of rotatable bonds is 2. The van der Waals surface area contributed by atoms with Crippen molar-refractivity contribution in [2.45, 2.75) is 13.0 Å². The van der Waals surface area contributed by atoms with Crippen molar-refractivity contribution in [2.75, 3.05) is 14.2 Å². The van der Waals surface area contributed by atoms with Gasteiger partial charge in [0, 0.05) is 6.54 Å². The molecule has 0 saturated carbocycles. The SMILES string of the molecule is COc1cc2c(cc1OC)CC(=O)NC2. The van der Waals surface area contributed by atoms with Gasteiger partial charge in [-0.05, 0) is 23.3 Å². The highest BCUT2D eigenvalue weighted by atomic mass is 16.5. The summed E-state index contributed by atoms with van der Waals surface area (Å²) in [5, 5.41) is 2.79. The second kappa shape index (κ2) is 3.81. The van der Waals surface area contributed by atoms with Crippen LogP contribution in [-0.4, -0.2) is 20.1 Å². The van der Waals surface area contributed by atoms with Crippen LogP contribution in [0.1, 0.15) is 11.1 Å². The van der Waals surface area contributed by atoms with Crippen LogP contribution >= 0.6 is 0 Å². The van der Waals surface area contributed by atoms with E-state index in [1.54, 1.807) is 14.2 Å². The maximum atomic E-state index is 11.2. The summed E-state index contributed by atoms with van der Waals surface area (Å²) in [5.74, 6) is 1.42. The average Bonchev–Trinajstić information content (AvgIpc) is 2.27. The summed E-state index contributed by atoms with van der Waals surface area (Å²) in [6.45, 7) is 0.564. The Kier molecular flexibility index (Phi) is 2.49. The standard InChI is InChI=1S/C11H13NO3/c1-14-9-3-7-5-11(13)12-6-8(7)4-10(9)15-2/h3-4H,5-6H2,1-2H3,(H,12,13). The second-order valence-electron chi connectivity index (χ2n) is 3.43. The van der Waals surface area contributed by atoms with Crippen LogP contribution in [0, 0.1) is 0 Å². The normalized spacial score (nSPS) is 14.1. The third-order valence-corrected chi connectivity index (χ3v) is 2.53. The van der Waals surface area contributed by atoms with Gasteiger partial charge in [-0.25, -0.2) is 0 Å². The zero-order valence-corrected chi connectivity index (χ0v) is 8.79. The van der Waals surface area contributed by atoms with E-state index in [0.29, 0.717) is 24.5 Å². The van der Waals surface area contributed by atoms with Gasteiger partial charge in [0.15, 0.2) is 11.5 Å². The van der Waals surface area contributed by atoms with Crippen molar-refractivity contribution in [3.8, 4) is 11.5 Å². The molecule has 4 nitrogen and oxygen atoms in total. The molecule has 80 valence electrons. The Bertz CT molecular complexity index is 401. The fourth-order valence-electron chi connectivity index (χ4n) is 1.72. The molecule has 0 radical (unpaired) electrons. The molecule has 15 heavy (non-hydrogen) atoms. The molecule has 4 heteroatoms. The van der Waals surface area contributed by atoms with Crippen LogP contribution in [0.5, 0.6) is 11.5 Å². The Balaban J connectivity index is 2.45. The first-order chi connectivity index (χ1) is 7.24. The third kappa shape index (κ3) is 1.75. The Labute approximate surface area is 88.2 Å². The van der Waals surface area contributed by atoms with Gasteiger partial charge < -0.3 is 14.8 Å². The molecule has 2 rings (SSSR count). The third-order valence-electron chi connectivity index (χ3n) is 2.53. The molecule has 1 aromatic rings. The van der Waals surface area contributed by atoms with Gasteiger partial charge in [-0.3, -0.25) is 4.79 Å². The number of nitrogens with one attached hydrogen (secondary N) is 1. The monoisotopic (exact) mass is 207 g/mol. The van der Waals surface area contributed by atoms with Gasteiger partial charge in [-0.15, -0.1) is 0 Å². The molecule has 0 aliphatic carbocycles. The molecule has 1 heterocycles. The molecule has 0 aromatic heterocycles. The zero-order valence-electron chi connectivity index (χ0n) is 8.79. The molecule has 1 aliphatic rings. The fraction of sp³-hybridized carbons (Fsp3) is 0.364. The van der Waals surface area contributed by atoms with Crippen molar-refractivity contribution in [3.63, 3.8) is 0 Å². The number of carbonyl (C=O) groups excluding carboxylic acids is 1. The molecule has 0 unspecified atom stereocenters. The van der Waals surface area contributed by atoms with E-state index in [4.69, 9.17) is 9.47 Å². The maximum Gasteiger partial charge on any atom is 0.224 e. The molecule has 1 aliphatic heterocycles. The first-order valence-corrected chi connectivity index (χ1v) is 4.75. The van der Waals surface area contributed by atoms with E-state index in [9.17, 15) is 4.79 Å². The summed E-state index contributed by atoms with van der Waals surface area (Å²) in [6, 6.07) is 3.78. The van der Waals surface area contributed by atoms with E-state index >= 15 is 0 Å². The smallest absolute Gasteiger partial charge is 0.224 e. The summed E-state index contributed by atoms with van der Waals surface area (Å²) in [4.78, 5) is 11.2. The molecule has 0 saturated heterocycles. The Morgan fingerprint density at radius 3 is 2.33 bits per heavy atom. The molecular formula is C11H13NO3. The average molecular weight is 207 g/mol. The van der Waals surface area contributed by atoms with Gasteiger partial charge in [0.25, 0.3) is 0 Å². The minimum absolute atomic E-state index is 0.0507. The summed E-state index contributed by atoms with van der Waals surface area (Å²) in [5.41, 5.74) is 2.10. The highest BCUT2D eigenvalue weighted by Crippen LogP contribution is 2.31. The van der Waals surface area contributed by atoms with Crippen molar-refractivity contribution < 1.29 is 14.3 Å². The number of hydrogen-bond acceptors (Lipinski definition) is 3. The second-order valence-corrected chi connectivity index (χ2v) is 3.43. The first-order valence-electron chi connectivity index (χ1n) is 4.75. The number of ether oxygens (including phenoxy) is 2. The summed E-state index contributed by atoms with van der Waals surface area (Å²) in [6.07, 6.45) is 0.412. The Hall–Kier alpha value is -1.71. The van der Waals surface area contributed by atoms with Crippen LogP contribution in [0.15, 0.2) is 12.1 Å². The summed E-state index contributed by atoms with van der Waals surface area (Å²) >= 11 is 0. The number of methoxy groups -OCH3 is 2. The summed E-state index contributed by atoms with van der Waals surface area (Å²) < 4.78 is 10.4. The molecule has 1 aromatic carbocycles. The molecule has 1 N–H and O–H groups in total. The molecule has 0 spiro atoms. The quantitative estimate of drug-likeness (QED) is 0.783. The van der Waals surface area contributed by atoms with Gasteiger partial charge in [-0.2, -0.15) is 0 Å². The van der Waals surface area contributed by atoms with Gasteiger partial charge in [0.05, 0.1) is 20.6 Å². The van der Waals surface area contributed by atoms with E-state index in [2.05, 4.69) is 5.32 Å². The first kappa shape index (κ1) is 9.83. The van der Waals surface area contributed by atoms with E-state index in [1.807, 2.05) is 12.1 Å². The lowest BCUT2D eigenvalue weighted by molar-refractivity contribution is -0.121. The number of amides is 1. The van der Waals surface area contributed by atoms with Gasteiger partial charge in [0.2, 0.25) is 5.91 Å². The van der Waals surface area contributed by atoms with Crippen LogP contribution in [0.25, 0.3) is 0 Å². The van der Waals surface area contributed by atoms with Crippen LogP contribution in [0.4, 0.5) is 0 Å². The molecular weight excluding hydrogens is 194 g/mol. The Morgan fingerprint density at radius 1 is 1.13 bits per heavy atom. The predicted octanol–water partition coefficient (Wildman–Crippen LogP) is 0.876. The number of fused-ring (bicyclic) bond motifs is 1. The van der Waals surface area contributed by atoms with E-state index in [0.717, 1.165) is 11.1 Å². The van der Waals surface area contributed by atoms with Crippen LogP contribution in [0.3, 0.4) is 0 Å². The van der Waals surface area contributed by atoms with Crippen molar-refractivity contribution >= 4 is 5.91 Å². The van der Waals surface area contributed by atoms with Gasteiger partial charge >= 0.3 is 0 Å². The summed E-state index contributed by atoms with van der Waals surface area (Å²) in [7, 11) is 3.19. The maximum absolute atomic E-state index is 11.2. The highest BCUT2D eigenvalue weighted by molar-refractivity contribution is 5.81. The largest absolute Gasteiger partial charge is 0.493 e. The molecule has 0 bridgehead atoms. The molecule has 0 fully saturated rings. The Morgan fingerprint density at radius 2 is 1.73 bits per heavy atom. The zero-order chi connectivity index (χ0) is 10.8. The van der Waals surface area contributed by atoms with Crippen molar-refractivity contribution in [2.24, 2.45) is 0 Å². The molecule has 1 amide bonds. The minimum Gasteiger partial charge on any atom is -0.493 e. The lowest BCUT2D eigenvalue weighted by atomic mass is 10.00. The lowest BCUT2D eigenvalue weighted by Gasteiger charge is -2.19. The number of benzene rings is 1. The van der Waals surface area contributed by atoms with E-state index < -0.39 is 0 Å². The van der Waals surface area contributed by atoms with Gasteiger partial charge in [0.1, 0.15) is 0 Å². The minimum atomic E-state index is 0.0507. The lowest BCUT2D eigenvalue weighted by Crippen LogP contribution is -2.30. The van der Waals surface area contributed by atoms with Crippen molar-refractivity contribution in [1.29, 1.82) is 0 Å². The van der Waals surface area contributed by atoms with Crippen molar-refractivity contribution in [3.05, 3.63) is 23.3 Å².